The Hall–Kier alpha value is -1.81. The van der Waals surface area contributed by atoms with Gasteiger partial charge in [-0.05, 0) is 31.9 Å². The molecule has 0 bridgehead atoms. The number of hydrogen-bond acceptors (Lipinski definition) is 5. The van der Waals surface area contributed by atoms with Gasteiger partial charge in [0.05, 0.1) is 22.4 Å². The summed E-state index contributed by atoms with van der Waals surface area (Å²) in [6, 6.07) is 2.35. The van der Waals surface area contributed by atoms with Crippen LogP contribution in [0.2, 0.25) is 0 Å². The fourth-order valence-electron chi connectivity index (χ4n) is 2.93. The van der Waals surface area contributed by atoms with Gasteiger partial charge in [0, 0.05) is 38.4 Å². The summed E-state index contributed by atoms with van der Waals surface area (Å²) in [5.74, 6) is 0.0726. The van der Waals surface area contributed by atoms with Crippen molar-refractivity contribution in [3.63, 3.8) is 0 Å². The summed E-state index contributed by atoms with van der Waals surface area (Å²) in [4.78, 5) is 32.0. The summed E-state index contributed by atoms with van der Waals surface area (Å²) in [6.45, 7) is 4.17. The minimum atomic E-state index is -4.42. The number of halogens is 3. The molecular weight excluding hydrogens is 393 g/mol. The lowest BCUT2D eigenvalue weighted by Crippen LogP contribution is -2.55. The molecule has 1 saturated heterocycles. The molecule has 0 spiro atoms. The standard InChI is InChI=1S/C18H23F3N4O2S/c1-12(17(27)23-14-3-4-14)24-6-8-25(9-7-24)16(26)11-28-15-5-2-13(10-22-15)18(19,20)21/h2,5,10,12,14H,3-4,6-9,11H2,1H3,(H,23,27). The van der Waals surface area contributed by atoms with E-state index in [4.69, 9.17) is 0 Å². The van der Waals surface area contributed by atoms with Gasteiger partial charge in [-0.15, -0.1) is 0 Å². The Morgan fingerprint density at radius 1 is 1.25 bits per heavy atom. The van der Waals surface area contributed by atoms with Crippen molar-refractivity contribution in [1.29, 1.82) is 0 Å². The number of thioether (sulfide) groups is 1. The van der Waals surface area contributed by atoms with E-state index in [1.54, 1.807) is 4.90 Å². The van der Waals surface area contributed by atoms with Gasteiger partial charge < -0.3 is 10.2 Å². The number of amides is 2. The van der Waals surface area contributed by atoms with Gasteiger partial charge in [-0.3, -0.25) is 14.5 Å². The van der Waals surface area contributed by atoms with Crippen LogP contribution in [0.25, 0.3) is 0 Å². The highest BCUT2D eigenvalue weighted by molar-refractivity contribution is 7.99. The first-order valence-electron chi connectivity index (χ1n) is 9.22. The highest BCUT2D eigenvalue weighted by atomic mass is 32.2. The van der Waals surface area contributed by atoms with Crippen molar-refractivity contribution in [2.24, 2.45) is 0 Å². The molecule has 2 heterocycles. The number of alkyl halides is 3. The maximum atomic E-state index is 12.5. The van der Waals surface area contributed by atoms with Crippen LogP contribution in [-0.4, -0.2) is 70.6 Å². The quantitative estimate of drug-likeness (QED) is 0.719. The van der Waals surface area contributed by atoms with Crippen molar-refractivity contribution in [2.75, 3.05) is 31.9 Å². The largest absolute Gasteiger partial charge is 0.417 e. The molecule has 1 saturated carbocycles. The van der Waals surface area contributed by atoms with Gasteiger partial charge in [-0.25, -0.2) is 4.98 Å². The lowest BCUT2D eigenvalue weighted by atomic mass is 10.2. The predicted octanol–water partition coefficient (Wildman–Crippen LogP) is 2.00. The molecule has 1 unspecified atom stereocenters. The normalized spacial score (nSPS) is 19.4. The summed E-state index contributed by atoms with van der Waals surface area (Å²) in [6.07, 6.45) is -1.55. The first-order valence-corrected chi connectivity index (χ1v) is 10.2. The zero-order valence-corrected chi connectivity index (χ0v) is 16.4. The summed E-state index contributed by atoms with van der Waals surface area (Å²) >= 11 is 1.12. The summed E-state index contributed by atoms with van der Waals surface area (Å²) < 4.78 is 37.6. The van der Waals surface area contributed by atoms with E-state index >= 15 is 0 Å². The van der Waals surface area contributed by atoms with Crippen molar-refractivity contribution < 1.29 is 22.8 Å². The fourth-order valence-corrected chi connectivity index (χ4v) is 3.68. The molecule has 2 fully saturated rings. The molecular formula is C18H23F3N4O2S. The molecule has 1 aromatic rings. The number of pyridine rings is 1. The SMILES string of the molecule is CC(C(=O)NC1CC1)N1CCN(C(=O)CSc2ccc(C(F)(F)F)cn2)CC1. The van der Waals surface area contributed by atoms with Crippen LogP contribution in [0.1, 0.15) is 25.3 Å². The van der Waals surface area contributed by atoms with E-state index in [0.717, 1.165) is 36.9 Å². The first-order chi connectivity index (χ1) is 13.2. The Bertz CT molecular complexity index is 702. The number of carbonyl (C=O) groups excluding carboxylic acids is 2. The van der Waals surface area contributed by atoms with Crippen molar-refractivity contribution in [2.45, 2.75) is 43.1 Å². The van der Waals surface area contributed by atoms with E-state index in [0.29, 0.717) is 37.2 Å². The zero-order chi connectivity index (χ0) is 20.3. The average molecular weight is 416 g/mol. The minimum absolute atomic E-state index is 0.0335. The topological polar surface area (TPSA) is 65.5 Å². The second-order valence-electron chi connectivity index (χ2n) is 7.05. The predicted molar refractivity (Wildman–Crippen MR) is 98.7 cm³/mol. The molecule has 10 heteroatoms. The van der Waals surface area contributed by atoms with E-state index in [-0.39, 0.29) is 23.6 Å². The third-order valence-electron chi connectivity index (χ3n) is 4.93. The molecule has 3 rings (SSSR count). The van der Waals surface area contributed by atoms with E-state index in [1.807, 2.05) is 6.92 Å². The first kappa shape index (κ1) is 20.9. The van der Waals surface area contributed by atoms with Crippen molar-refractivity contribution in [3.05, 3.63) is 23.9 Å². The van der Waals surface area contributed by atoms with Crippen LogP contribution < -0.4 is 5.32 Å². The average Bonchev–Trinajstić information content (AvgIpc) is 3.49. The van der Waals surface area contributed by atoms with Gasteiger partial charge in [-0.2, -0.15) is 13.2 Å². The Kier molecular flexibility index (Phi) is 6.49. The maximum absolute atomic E-state index is 12.5. The highest BCUT2D eigenvalue weighted by Crippen LogP contribution is 2.29. The molecule has 1 atom stereocenters. The molecule has 154 valence electrons. The van der Waals surface area contributed by atoms with Gasteiger partial charge in [0.25, 0.3) is 0 Å². The molecule has 2 aliphatic rings. The Labute approximate surface area is 165 Å². The number of rotatable bonds is 6. The smallest absolute Gasteiger partial charge is 0.352 e. The van der Waals surface area contributed by atoms with E-state index in [9.17, 15) is 22.8 Å². The van der Waals surface area contributed by atoms with Crippen LogP contribution in [0.5, 0.6) is 0 Å². The second kappa shape index (κ2) is 8.69. The number of piperazine rings is 1. The Balaban J connectivity index is 1.41. The molecule has 0 aromatic carbocycles. The Morgan fingerprint density at radius 2 is 1.93 bits per heavy atom. The third-order valence-corrected chi connectivity index (χ3v) is 5.85. The lowest BCUT2D eigenvalue weighted by molar-refractivity contribution is -0.138. The highest BCUT2D eigenvalue weighted by Gasteiger charge is 2.32. The second-order valence-corrected chi connectivity index (χ2v) is 8.04. The van der Waals surface area contributed by atoms with Crippen LogP contribution >= 0.6 is 11.8 Å². The summed E-state index contributed by atoms with van der Waals surface area (Å²) in [7, 11) is 0. The van der Waals surface area contributed by atoms with E-state index < -0.39 is 11.7 Å². The lowest BCUT2D eigenvalue weighted by Gasteiger charge is -2.37. The van der Waals surface area contributed by atoms with Crippen LogP contribution in [0.4, 0.5) is 13.2 Å². The van der Waals surface area contributed by atoms with Crippen LogP contribution in [0.15, 0.2) is 23.4 Å². The van der Waals surface area contributed by atoms with Gasteiger partial charge in [0.1, 0.15) is 0 Å². The van der Waals surface area contributed by atoms with Gasteiger partial charge >= 0.3 is 6.18 Å². The van der Waals surface area contributed by atoms with Gasteiger partial charge in [0.15, 0.2) is 0 Å². The molecule has 1 aromatic heterocycles. The van der Waals surface area contributed by atoms with E-state index in [1.165, 1.54) is 6.07 Å². The number of carbonyl (C=O) groups is 2. The number of aromatic nitrogens is 1. The van der Waals surface area contributed by atoms with Gasteiger partial charge in [-0.1, -0.05) is 11.8 Å². The molecule has 6 nitrogen and oxygen atoms in total. The molecule has 2 amide bonds. The van der Waals surface area contributed by atoms with E-state index in [2.05, 4.69) is 15.2 Å². The van der Waals surface area contributed by atoms with Crippen molar-refractivity contribution in [1.82, 2.24) is 20.1 Å². The fraction of sp³-hybridized carbons (Fsp3) is 0.611. The maximum Gasteiger partial charge on any atom is 0.417 e. The molecule has 28 heavy (non-hydrogen) atoms. The Morgan fingerprint density at radius 3 is 2.46 bits per heavy atom. The monoisotopic (exact) mass is 416 g/mol. The van der Waals surface area contributed by atoms with Crippen LogP contribution in [0.3, 0.4) is 0 Å². The van der Waals surface area contributed by atoms with Crippen LogP contribution in [-0.2, 0) is 15.8 Å². The number of nitrogens with one attached hydrogen (secondary N) is 1. The number of hydrogen-bond donors (Lipinski definition) is 1. The third kappa shape index (κ3) is 5.60. The minimum Gasteiger partial charge on any atom is -0.352 e. The molecule has 1 aliphatic carbocycles. The molecule has 0 radical (unpaired) electrons. The zero-order valence-electron chi connectivity index (χ0n) is 15.5. The summed E-state index contributed by atoms with van der Waals surface area (Å²) in [5, 5.41) is 3.37. The number of nitrogens with zero attached hydrogens (tertiary/aromatic N) is 3. The molecule has 1 N–H and O–H groups in total. The van der Waals surface area contributed by atoms with Crippen LogP contribution in [0, 0.1) is 0 Å². The van der Waals surface area contributed by atoms with Crippen molar-refractivity contribution in [3.8, 4) is 0 Å². The summed E-state index contributed by atoms with van der Waals surface area (Å²) in [5.41, 5.74) is -0.806. The molecule has 1 aliphatic heterocycles. The van der Waals surface area contributed by atoms with Gasteiger partial charge in [0.2, 0.25) is 11.8 Å². The van der Waals surface area contributed by atoms with Crippen molar-refractivity contribution >= 4 is 23.6 Å².